The summed E-state index contributed by atoms with van der Waals surface area (Å²) in [5.41, 5.74) is 10.1. The van der Waals surface area contributed by atoms with Crippen LogP contribution in [-0.2, 0) is 4.79 Å². The Kier molecular flexibility index (Phi) is 5.63. The van der Waals surface area contributed by atoms with Crippen LogP contribution in [0.4, 0.5) is 5.69 Å². The first-order valence-electron chi connectivity index (χ1n) is 10.7. The summed E-state index contributed by atoms with van der Waals surface area (Å²) >= 11 is 0. The predicted octanol–water partition coefficient (Wildman–Crippen LogP) is 5.19. The predicted molar refractivity (Wildman–Crippen MR) is 126 cm³/mol. The number of nitrogens with two attached hydrogens (primary N) is 1. The molecule has 1 aliphatic heterocycles. The number of nitrogens with zero attached hydrogens (tertiary/aromatic N) is 2. The van der Waals surface area contributed by atoms with E-state index in [4.69, 9.17) is 10.5 Å². The molecule has 0 saturated heterocycles. The third-order valence-corrected chi connectivity index (χ3v) is 5.98. The highest BCUT2D eigenvalue weighted by Gasteiger charge is 2.44. The van der Waals surface area contributed by atoms with Crippen molar-refractivity contribution in [3.05, 3.63) is 95.5 Å². The Hall–Kier alpha value is -3.78. The SMILES string of the molecule is C=CCOc1ccc([C@H]2C(C#N)=C(N)N(c3ccccc3)C3=C2C(=O)CC(C)(C)C3)cc1. The largest absolute Gasteiger partial charge is 0.490 e. The van der Waals surface area contributed by atoms with Crippen LogP contribution in [0.1, 0.15) is 38.2 Å². The van der Waals surface area contributed by atoms with E-state index in [1.54, 1.807) is 6.08 Å². The summed E-state index contributed by atoms with van der Waals surface area (Å²) in [5.74, 6) is 0.650. The zero-order valence-corrected chi connectivity index (χ0v) is 18.5. The van der Waals surface area contributed by atoms with Gasteiger partial charge in [0.25, 0.3) is 0 Å². The molecule has 0 bridgehead atoms. The fourth-order valence-electron chi connectivity index (χ4n) is 4.63. The summed E-state index contributed by atoms with van der Waals surface area (Å²) in [6, 6.07) is 19.5. The molecule has 2 aromatic carbocycles. The first kappa shape index (κ1) is 21.5. The van der Waals surface area contributed by atoms with Crippen molar-refractivity contribution in [1.29, 1.82) is 5.26 Å². The fraction of sp³-hybridized carbons (Fsp3) is 0.259. The van der Waals surface area contributed by atoms with Gasteiger partial charge in [0.05, 0.1) is 17.6 Å². The zero-order chi connectivity index (χ0) is 22.9. The summed E-state index contributed by atoms with van der Waals surface area (Å²) in [6.45, 7) is 8.27. The van der Waals surface area contributed by atoms with E-state index in [9.17, 15) is 10.1 Å². The lowest BCUT2D eigenvalue weighted by Crippen LogP contribution is -2.42. The molecule has 0 saturated carbocycles. The molecule has 0 spiro atoms. The number of hydrogen-bond donors (Lipinski definition) is 1. The van der Waals surface area contributed by atoms with Gasteiger partial charge in [0, 0.05) is 23.4 Å². The smallest absolute Gasteiger partial charge is 0.162 e. The Bertz CT molecular complexity index is 1150. The van der Waals surface area contributed by atoms with E-state index in [0.29, 0.717) is 42.2 Å². The molecule has 1 atom stereocenters. The summed E-state index contributed by atoms with van der Waals surface area (Å²) in [6.07, 6.45) is 2.81. The van der Waals surface area contributed by atoms with Crippen molar-refractivity contribution in [1.82, 2.24) is 0 Å². The molecule has 5 nitrogen and oxygen atoms in total. The molecule has 5 heteroatoms. The lowest BCUT2D eigenvalue weighted by atomic mass is 9.68. The van der Waals surface area contributed by atoms with Crippen molar-refractivity contribution in [2.45, 2.75) is 32.6 Å². The molecule has 162 valence electrons. The highest BCUT2D eigenvalue weighted by Crippen LogP contribution is 2.50. The van der Waals surface area contributed by atoms with Gasteiger partial charge in [-0.05, 0) is 41.7 Å². The van der Waals surface area contributed by atoms with Gasteiger partial charge in [-0.2, -0.15) is 5.26 Å². The van der Waals surface area contributed by atoms with Gasteiger partial charge in [0.2, 0.25) is 0 Å². The highest BCUT2D eigenvalue weighted by atomic mass is 16.5. The Morgan fingerprint density at radius 1 is 1.19 bits per heavy atom. The number of ketones is 1. The molecule has 0 unspecified atom stereocenters. The van der Waals surface area contributed by atoms with Gasteiger partial charge in [0.15, 0.2) is 5.78 Å². The van der Waals surface area contributed by atoms with E-state index in [2.05, 4.69) is 26.5 Å². The molecule has 0 aromatic heterocycles. The number of Topliss-reactive ketones (excluding diaryl/α,β-unsaturated/α-hetero) is 1. The minimum absolute atomic E-state index is 0.0643. The quantitative estimate of drug-likeness (QED) is 0.667. The molecule has 2 aliphatic rings. The Morgan fingerprint density at radius 3 is 2.50 bits per heavy atom. The van der Waals surface area contributed by atoms with Crippen molar-refractivity contribution in [2.75, 3.05) is 11.5 Å². The van der Waals surface area contributed by atoms with Gasteiger partial charge in [-0.15, -0.1) is 0 Å². The third-order valence-electron chi connectivity index (χ3n) is 5.98. The second-order valence-corrected chi connectivity index (χ2v) is 8.98. The molecule has 1 heterocycles. The molecule has 0 fully saturated rings. The molecular weight excluding hydrogens is 398 g/mol. The van der Waals surface area contributed by atoms with E-state index in [1.807, 2.05) is 59.5 Å². The highest BCUT2D eigenvalue weighted by molar-refractivity contribution is 6.01. The van der Waals surface area contributed by atoms with Crippen LogP contribution in [0.25, 0.3) is 0 Å². The van der Waals surface area contributed by atoms with Crippen molar-refractivity contribution >= 4 is 11.5 Å². The van der Waals surface area contributed by atoms with Gasteiger partial charge in [0.1, 0.15) is 18.2 Å². The standard InChI is InChI=1S/C27H27N3O2/c1-4-14-32-20-12-10-18(11-13-20)24-21(17-28)26(29)30(19-8-6-5-7-9-19)22-15-27(2,3)16-23(31)25(22)24/h4-13,24H,1,14-16,29H2,2-3H3/t24-/m0/s1. The van der Waals surface area contributed by atoms with Crippen LogP contribution in [0.3, 0.4) is 0 Å². The summed E-state index contributed by atoms with van der Waals surface area (Å²) in [7, 11) is 0. The number of para-hydroxylation sites is 1. The van der Waals surface area contributed by atoms with E-state index in [0.717, 1.165) is 16.9 Å². The number of nitriles is 1. The Balaban J connectivity index is 1.89. The third kappa shape index (κ3) is 3.80. The topological polar surface area (TPSA) is 79.3 Å². The maximum atomic E-state index is 13.5. The number of rotatable bonds is 5. The minimum Gasteiger partial charge on any atom is -0.490 e. The molecule has 0 amide bonds. The first-order chi connectivity index (χ1) is 15.4. The molecule has 2 aromatic rings. The second kappa shape index (κ2) is 8.39. The lowest BCUT2D eigenvalue weighted by molar-refractivity contribution is -0.118. The van der Waals surface area contributed by atoms with Gasteiger partial charge in [-0.25, -0.2) is 0 Å². The number of hydrogen-bond acceptors (Lipinski definition) is 5. The van der Waals surface area contributed by atoms with Gasteiger partial charge in [-0.1, -0.05) is 56.8 Å². The Labute approximate surface area is 189 Å². The van der Waals surface area contributed by atoms with Crippen LogP contribution < -0.4 is 15.4 Å². The normalized spacial score (nSPS) is 20.0. The van der Waals surface area contributed by atoms with E-state index < -0.39 is 5.92 Å². The number of anilines is 1. The zero-order valence-electron chi connectivity index (χ0n) is 18.5. The molecule has 32 heavy (non-hydrogen) atoms. The van der Waals surface area contributed by atoms with E-state index in [1.165, 1.54) is 0 Å². The van der Waals surface area contributed by atoms with Crippen LogP contribution in [-0.4, -0.2) is 12.4 Å². The molecule has 2 N–H and O–H groups in total. The fourth-order valence-corrected chi connectivity index (χ4v) is 4.63. The van der Waals surface area contributed by atoms with Crippen molar-refractivity contribution in [2.24, 2.45) is 11.1 Å². The summed E-state index contributed by atoms with van der Waals surface area (Å²) < 4.78 is 5.59. The Morgan fingerprint density at radius 2 is 1.88 bits per heavy atom. The molecule has 0 radical (unpaired) electrons. The minimum atomic E-state index is -0.494. The van der Waals surface area contributed by atoms with Crippen molar-refractivity contribution in [3.63, 3.8) is 0 Å². The van der Waals surface area contributed by atoms with Crippen molar-refractivity contribution in [3.8, 4) is 11.8 Å². The van der Waals surface area contributed by atoms with Crippen LogP contribution in [0, 0.1) is 16.7 Å². The molecular formula is C27H27N3O2. The van der Waals surface area contributed by atoms with Crippen LogP contribution in [0.15, 0.2) is 89.9 Å². The van der Waals surface area contributed by atoms with Gasteiger partial charge >= 0.3 is 0 Å². The number of ether oxygens (including phenoxy) is 1. The van der Waals surface area contributed by atoms with Crippen LogP contribution >= 0.6 is 0 Å². The summed E-state index contributed by atoms with van der Waals surface area (Å²) in [5, 5.41) is 10.1. The van der Waals surface area contributed by atoms with Crippen molar-refractivity contribution < 1.29 is 9.53 Å². The second-order valence-electron chi connectivity index (χ2n) is 8.98. The monoisotopic (exact) mass is 425 g/mol. The average Bonchev–Trinajstić information content (AvgIpc) is 2.77. The van der Waals surface area contributed by atoms with Gasteiger partial charge < -0.3 is 10.5 Å². The number of carbonyl (C=O) groups excluding carboxylic acids is 1. The van der Waals surface area contributed by atoms with E-state index >= 15 is 0 Å². The molecule has 1 aliphatic carbocycles. The maximum Gasteiger partial charge on any atom is 0.162 e. The average molecular weight is 426 g/mol. The van der Waals surface area contributed by atoms with Gasteiger partial charge in [-0.3, -0.25) is 9.69 Å². The number of benzene rings is 2. The summed E-state index contributed by atoms with van der Waals surface area (Å²) in [4.78, 5) is 15.4. The first-order valence-corrected chi connectivity index (χ1v) is 10.7. The van der Waals surface area contributed by atoms with E-state index in [-0.39, 0.29) is 11.2 Å². The number of allylic oxidation sites excluding steroid dienone is 3. The molecule has 4 rings (SSSR count). The number of carbonyl (C=O) groups is 1. The van der Waals surface area contributed by atoms with Crippen LogP contribution in [0.5, 0.6) is 5.75 Å². The maximum absolute atomic E-state index is 13.5. The lowest BCUT2D eigenvalue weighted by Gasteiger charge is -2.43. The van der Waals surface area contributed by atoms with Crippen LogP contribution in [0.2, 0.25) is 0 Å².